The molecular weight excluding hydrogens is 352 g/mol. The zero-order chi connectivity index (χ0) is 19.9. The second kappa shape index (κ2) is 9.60. The molecule has 0 aliphatic heterocycles. The van der Waals surface area contributed by atoms with E-state index in [1.165, 1.54) is 25.7 Å². The number of carbonyl (C=O) groups is 1. The predicted octanol–water partition coefficient (Wildman–Crippen LogP) is 3.78. The summed E-state index contributed by atoms with van der Waals surface area (Å²) in [5.41, 5.74) is 2.03. The average Bonchev–Trinajstić information content (AvgIpc) is 3.27. The van der Waals surface area contributed by atoms with E-state index in [0.29, 0.717) is 12.6 Å². The van der Waals surface area contributed by atoms with E-state index in [0.717, 1.165) is 22.6 Å². The van der Waals surface area contributed by atoms with Crippen molar-refractivity contribution in [3.05, 3.63) is 59.7 Å². The molecule has 5 heteroatoms. The Morgan fingerprint density at radius 1 is 0.964 bits per heavy atom. The number of likely N-dealkylation sites (N-methyl/N-ethyl adjacent to an activating group) is 1. The Morgan fingerprint density at radius 3 is 1.86 bits per heavy atom. The van der Waals surface area contributed by atoms with E-state index >= 15 is 0 Å². The van der Waals surface area contributed by atoms with Gasteiger partial charge in [0.2, 0.25) is 5.91 Å². The van der Waals surface area contributed by atoms with Gasteiger partial charge < -0.3 is 14.8 Å². The van der Waals surface area contributed by atoms with Gasteiger partial charge in [0, 0.05) is 6.04 Å². The van der Waals surface area contributed by atoms with Crippen molar-refractivity contribution in [1.82, 2.24) is 10.2 Å². The fourth-order valence-corrected chi connectivity index (χ4v) is 3.86. The summed E-state index contributed by atoms with van der Waals surface area (Å²) in [6, 6.07) is 16.0. The highest BCUT2D eigenvalue weighted by Crippen LogP contribution is 2.26. The van der Waals surface area contributed by atoms with E-state index in [-0.39, 0.29) is 11.9 Å². The molecule has 1 aliphatic carbocycles. The fraction of sp³-hybridized carbons (Fsp3) is 0.435. The van der Waals surface area contributed by atoms with Gasteiger partial charge in [0.25, 0.3) is 0 Å². The third-order valence-corrected chi connectivity index (χ3v) is 5.54. The molecule has 1 N–H and O–H groups in total. The molecule has 150 valence electrons. The molecule has 1 amide bonds. The van der Waals surface area contributed by atoms with Gasteiger partial charge in [-0.3, -0.25) is 9.69 Å². The van der Waals surface area contributed by atoms with E-state index in [1.807, 2.05) is 55.6 Å². The van der Waals surface area contributed by atoms with Crippen LogP contribution in [0.25, 0.3) is 0 Å². The molecule has 1 saturated carbocycles. The van der Waals surface area contributed by atoms with Crippen molar-refractivity contribution in [2.75, 3.05) is 27.8 Å². The maximum atomic E-state index is 12.8. The zero-order valence-electron chi connectivity index (χ0n) is 17.0. The molecule has 0 saturated heterocycles. The Morgan fingerprint density at radius 2 is 1.43 bits per heavy atom. The van der Waals surface area contributed by atoms with Crippen molar-refractivity contribution in [2.24, 2.45) is 0 Å². The van der Waals surface area contributed by atoms with Crippen LogP contribution in [-0.4, -0.2) is 44.7 Å². The van der Waals surface area contributed by atoms with Crippen LogP contribution >= 0.6 is 0 Å². The molecule has 0 unspecified atom stereocenters. The number of ether oxygens (including phenoxy) is 2. The van der Waals surface area contributed by atoms with E-state index < -0.39 is 0 Å². The summed E-state index contributed by atoms with van der Waals surface area (Å²) < 4.78 is 10.5. The number of amides is 1. The van der Waals surface area contributed by atoms with Gasteiger partial charge in [-0.2, -0.15) is 0 Å². The number of nitrogens with one attached hydrogen (secondary N) is 1. The third kappa shape index (κ3) is 5.04. The van der Waals surface area contributed by atoms with Crippen LogP contribution in [0.5, 0.6) is 11.5 Å². The summed E-state index contributed by atoms with van der Waals surface area (Å²) in [5.74, 6) is 1.63. The number of hydrogen-bond donors (Lipinski definition) is 1. The van der Waals surface area contributed by atoms with Crippen LogP contribution in [-0.2, 0) is 4.79 Å². The standard InChI is InChI=1S/C23H30N2O3/c1-25(19-6-4-5-7-19)16-22(26)24-23(17-8-12-20(27-2)13-9-17)18-10-14-21(28-3)15-11-18/h8-15,19,23H,4-7,16H2,1-3H3,(H,24,26). The van der Waals surface area contributed by atoms with E-state index in [9.17, 15) is 4.79 Å². The van der Waals surface area contributed by atoms with Gasteiger partial charge in [0.05, 0.1) is 26.8 Å². The van der Waals surface area contributed by atoms with Crippen molar-refractivity contribution in [1.29, 1.82) is 0 Å². The van der Waals surface area contributed by atoms with Crippen LogP contribution < -0.4 is 14.8 Å². The summed E-state index contributed by atoms with van der Waals surface area (Å²) in [7, 11) is 5.35. The van der Waals surface area contributed by atoms with Crippen molar-refractivity contribution in [3.8, 4) is 11.5 Å². The Balaban J connectivity index is 1.77. The summed E-state index contributed by atoms with van der Waals surface area (Å²) in [4.78, 5) is 15.0. The number of benzene rings is 2. The van der Waals surface area contributed by atoms with Crippen molar-refractivity contribution < 1.29 is 14.3 Å². The van der Waals surface area contributed by atoms with Gasteiger partial charge in [-0.1, -0.05) is 37.1 Å². The van der Waals surface area contributed by atoms with Crippen LogP contribution in [0.15, 0.2) is 48.5 Å². The van der Waals surface area contributed by atoms with Gasteiger partial charge in [0.1, 0.15) is 11.5 Å². The molecule has 5 nitrogen and oxygen atoms in total. The first kappa shape index (κ1) is 20.2. The molecule has 0 atom stereocenters. The Labute approximate surface area is 167 Å². The first-order valence-corrected chi connectivity index (χ1v) is 9.88. The highest BCUT2D eigenvalue weighted by Gasteiger charge is 2.23. The van der Waals surface area contributed by atoms with Crippen molar-refractivity contribution in [2.45, 2.75) is 37.8 Å². The van der Waals surface area contributed by atoms with Gasteiger partial charge in [0.15, 0.2) is 0 Å². The number of carbonyl (C=O) groups excluding carboxylic acids is 1. The number of methoxy groups -OCH3 is 2. The molecule has 0 spiro atoms. The normalized spacial score (nSPS) is 14.5. The van der Waals surface area contributed by atoms with Gasteiger partial charge in [-0.15, -0.1) is 0 Å². The van der Waals surface area contributed by atoms with Crippen LogP contribution in [0.3, 0.4) is 0 Å². The van der Waals surface area contributed by atoms with E-state index in [4.69, 9.17) is 9.47 Å². The topological polar surface area (TPSA) is 50.8 Å². The lowest BCUT2D eigenvalue weighted by atomic mass is 9.98. The Kier molecular flexibility index (Phi) is 6.93. The smallest absolute Gasteiger partial charge is 0.234 e. The van der Waals surface area contributed by atoms with Crippen molar-refractivity contribution in [3.63, 3.8) is 0 Å². The Hall–Kier alpha value is -2.53. The van der Waals surface area contributed by atoms with Crippen LogP contribution in [0.4, 0.5) is 0 Å². The molecule has 0 radical (unpaired) electrons. The molecule has 28 heavy (non-hydrogen) atoms. The summed E-state index contributed by atoms with van der Waals surface area (Å²) in [6.07, 6.45) is 4.89. The van der Waals surface area contributed by atoms with E-state index in [2.05, 4.69) is 10.2 Å². The van der Waals surface area contributed by atoms with Crippen LogP contribution in [0.1, 0.15) is 42.9 Å². The monoisotopic (exact) mass is 382 g/mol. The molecule has 2 aromatic rings. The maximum absolute atomic E-state index is 12.8. The minimum atomic E-state index is -0.221. The fourth-order valence-electron chi connectivity index (χ4n) is 3.86. The van der Waals surface area contributed by atoms with Crippen LogP contribution in [0.2, 0.25) is 0 Å². The minimum Gasteiger partial charge on any atom is -0.497 e. The van der Waals surface area contributed by atoms with Crippen molar-refractivity contribution >= 4 is 5.91 Å². The summed E-state index contributed by atoms with van der Waals surface area (Å²) in [6.45, 7) is 0.410. The second-order valence-electron chi connectivity index (χ2n) is 7.40. The second-order valence-corrected chi connectivity index (χ2v) is 7.40. The number of nitrogens with zero attached hydrogens (tertiary/aromatic N) is 1. The minimum absolute atomic E-state index is 0.0334. The molecule has 2 aromatic carbocycles. The quantitative estimate of drug-likeness (QED) is 0.755. The van der Waals surface area contributed by atoms with Gasteiger partial charge in [-0.25, -0.2) is 0 Å². The first-order chi connectivity index (χ1) is 13.6. The highest BCUT2D eigenvalue weighted by atomic mass is 16.5. The van der Waals surface area contributed by atoms with Gasteiger partial charge in [-0.05, 0) is 55.3 Å². The predicted molar refractivity (Wildman–Crippen MR) is 111 cm³/mol. The van der Waals surface area contributed by atoms with Crippen LogP contribution in [0, 0.1) is 0 Å². The summed E-state index contributed by atoms with van der Waals surface area (Å²) in [5, 5.41) is 3.22. The number of rotatable bonds is 8. The van der Waals surface area contributed by atoms with E-state index in [1.54, 1.807) is 14.2 Å². The average molecular weight is 383 g/mol. The zero-order valence-corrected chi connectivity index (χ0v) is 17.0. The molecule has 0 aromatic heterocycles. The highest BCUT2D eigenvalue weighted by molar-refractivity contribution is 5.79. The maximum Gasteiger partial charge on any atom is 0.234 e. The molecule has 1 fully saturated rings. The molecule has 0 bridgehead atoms. The molecule has 3 rings (SSSR count). The summed E-state index contributed by atoms with van der Waals surface area (Å²) >= 11 is 0. The molecular formula is C23H30N2O3. The number of hydrogen-bond acceptors (Lipinski definition) is 4. The lowest BCUT2D eigenvalue weighted by Crippen LogP contribution is -2.41. The SMILES string of the molecule is COc1ccc(C(NC(=O)CN(C)C2CCCC2)c2ccc(OC)cc2)cc1. The lowest BCUT2D eigenvalue weighted by molar-refractivity contribution is -0.122. The first-order valence-electron chi connectivity index (χ1n) is 9.88. The molecule has 0 heterocycles. The lowest BCUT2D eigenvalue weighted by Gasteiger charge is -2.26. The van der Waals surface area contributed by atoms with Gasteiger partial charge >= 0.3 is 0 Å². The third-order valence-electron chi connectivity index (χ3n) is 5.54. The molecule has 1 aliphatic rings. The largest absolute Gasteiger partial charge is 0.497 e. The Bertz CT molecular complexity index is 705.